The Morgan fingerprint density at radius 3 is 2.88 bits per heavy atom. The minimum absolute atomic E-state index is 0.0756. The standard InChI is InChI=1S/C13H12N4O4S3/c1-24(20,21)17-11(18)7-23-13-15-10(5-8-3-2-4-22-8)9(6-14)12(19)16-13/h2-4H,5,7H2,1H3,(H,17,18)(H,15,16,19). The summed E-state index contributed by atoms with van der Waals surface area (Å²) < 4.78 is 23.8. The van der Waals surface area contributed by atoms with Gasteiger partial charge in [-0.3, -0.25) is 14.3 Å². The van der Waals surface area contributed by atoms with Crippen molar-refractivity contribution in [2.24, 2.45) is 0 Å². The van der Waals surface area contributed by atoms with Crippen LogP contribution in [0.5, 0.6) is 0 Å². The van der Waals surface area contributed by atoms with Crippen LogP contribution in [-0.2, 0) is 21.2 Å². The zero-order valence-corrected chi connectivity index (χ0v) is 14.8. The third kappa shape index (κ3) is 5.19. The molecule has 0 aliphatic carbocycles. The van der Waals surface area contributed by atoms with Gasteiger partial charge in [-0.1, -0.05) is 17.8 Å². The molecule has 1 amide bonds. The Bertz CT molecular complexity index is 943. The molecule has 0 aromatic carbocycles. The lowest BCUT2D eigenvalue weighted by atomic mass is 10.2. The second kappa shape index (κ2) is 7.61. The van der Waals surface area contributed by atoms with Crippen LogP contribution in [0.1, 0.15) is 16.1 Å². The molecule has 0 bridgehead atoms. The molecule has 0 fully saturated rings. The average molecular weight is 384 g/mol. The first-order valence-electron chi connectivity index (χ1n) is 6.47. The molecule has 0 saturated heterocycles. The van der Waals surface area contributed by atoms with Gasteiger partial charge in [0.15, 0.2) is 5.16 Å². The van der Waals surface area contributed by atoms with Crippen molar-refractivity contribution in [1.82, 2.24) is 14.7 Å². The summed E-state index contributed by atoms with van der Waals surface area (Å²) in [5, 5.41) is 11.1. The zero-order chi connectivity index (χ0) is 17.7. The Kier molecular flexibility index (Phi) is 5.76. The molecule has 0 aliphatic heterocycles. The number of aromatic nitrogens is 2. The number of H-pyrrole nitrogens is 1. The second-order valence-electron chi connectivity index (χ2n) is 4.65. The SMILES string of the molecule is CS(=O)(=O)NC(=O)CSc1nc(Cc2cccs2)c(C#N)c(=O)[nH]1. The molecule has 11 heteroatoms. The minimum atomic E-state index is -3.64. The molecule has 2 heterocycles. The third-order valence-corrected chi connectivity index (χ3v) is 4.99. The van der Waals surface area contributed by atoms with Gasteiger partial charge in [0, 0.05) is 11.3 Å². The summed E-state index contributed by atoms with van der Waals surface area (Å²) >= 11 is 2.35. The molecule has 8 nitrogen and oxygen atoms in total. The highest BCUT2D eigenvalue weighted by atomic mass is 32.2. The normalized spacial score (nSPS) is 11.0. The molecular formula is C13H12N4O4S3. The van der Waals surface area contributed by atoms with Crippen molar-refractivity contribution >= 4 is 39.0 Å². The van der Waals surface area contributed by atoms with E-state index < -0.39 is 21.5 Å². The van der Waals surface area contributed by atoms with E-state index in [9.17, 15) is 18.0 Å². The number of aromatic amines is 1. The number of amides is 1. The lowest BCUT2D eigenvalue weighted by molar-refractivity contribution is -0.116. The molecule has 2 aromatic rings. The van der Waals surface area contributed by atoms with Crippen molar-refractivity contribution in [1.29, 1.82) is 5.26 Å². The van der Waals surface area contributed by atoms with E-state index in [-0.39, 0.29) is 16.5 Å². The van der Waals surface area contributed by atoms with Crippen LogP contribution < -0.4 is 10.3 Å². The molecule has 0 radical (unpaired) electrons. The maximum atomic E-state index is 12.0. The van der Waals surface area contributed by atoms with E-state index in [4.69, 9.17) is 5.26 Å². The summed E-state index contributed by atoms with van der Waals surface area (Å²) in [5.74, 6) is -0.963. The van der Waals surface area contributed by atoms with Gasteiger partial charge in [0.05, 0.1) is 17.7 Å². The first-order chi connectivity index (χ1) is 11.3. The number of hydrogen-bond donors (Lipinski definition) is 2. The predicted molar refractivity (Wildman–Crippen MR) is 90.4 cm³/mol. The Balaban J connectivity index is 2.19. The molecule has 0 atom stereocenters. The van der Waals surface area contributed by atoms with Gasteiger partial charge in [0.1, 0.15) is 11.6 Å². The summed E-state index contributed by atoms with van der Waals surface area (Å²) in [6, 6.07) is 5.54. The molecule has 24 heavy (non-hydrogen) atoms. The van der Waals surface area contributed by atoms with Crippen LogP contribution in [0.4, 0.5) is 0 Å². The maximum Gasteiger partial charge on any atom is 0.269 e. The molecule has 2 N–H and O–H groups in total. The predicted octanol–water partition coefficient (Wildman–Crippen LogP) is 0.462. The fourth-order valence-electron chi connectivity index (χ4n) is 1.76. The topological polar surface area (TPSA) is 133 Å². The van der Waals surface area contributed by atoms with Gasteiger partial charge >= 0.3 is 0 Å². The molecule has 2 aromatic heterocycles. The number of carbonyl (C=O) groups is 1. The van der Waals surface area contributed by atoms with Gasteiger partial charge < -0.3 is 4.98 Å². The van der Waals surface area contributed by atoms with E-state index in [1.807, 2.05) is 28.3 Å². The third-order valence-electron chi connectivity index (χ3n) is 2.65. The molecule has 0 saturated carbocycles. The number of hydrogen-bond acceptors (Lipinski definition) is 8. The van der Waals surface area contributed by atoms with Gasteiger partial charge in [-0.05, 0) is 11.4 Å². The van der Waals surface area contributed by atoms with E-state index >= 15 is 0 Å². The fourth-order valence-corrected chi connectivity index (χ4v) is 3.72. The summed E-state index contributed by atoms with van der Waals surface area (Å²) in [6.07, 6.45) is 1.20. The monoisotopic (exact) mass is 384 g/mol. The van der Waals surface area contributed by atoms with E-state index in [1.165, 1.54) is 11.3 Å². The maximum absolute atomic E-state index is 12.0. The number of carbonyl (C=O) groups excluding carboxylic acids is 1. The number of nitrogens with zero attached hydrogens (tertiary/aromatic N) is 2. The van der Waals surface area contributed by atoms with Gasteiger partial charge in [-0.25, -0.2) is 13.4 Å². The van der Waals surface area contributed by atoms with E-state index in [0.717, 1.165) is 22.9 Å². The van der Waals surface area contributed by atoms with Crippen LogP contribution in [0.15, 0.2) is 27.5 Å². The number of thiophene rings is 1. The summed E-state index contributed by atoms with van der Waals surface area (Å²) in [7, 11) is -3.64. The Morgan fingerprint density at radius 1 is 1.54 bits per heavy atom. The summed E-state index contributed by atoms with van der Waals surface area (Å²) in [4.78, 5) is 31.0. The zero-order valence-electron chi connectivity index (χ0n) is 12.4. The first-order valence-corrected chi connectivity index (χ1v) is 10.2. The lowest BCUT2D eigenvalue weighted by Gasteiger charge is -2.06. The first kappa shape index (κ1) is 18.2. The van der Waals surface area contributed by atoms with Crippen molar-refractivity contribution in [3.8, 4) is 6.07 Å². The summed E-state index contributed by atoms with van der Waals surface area (Å²) in [5.41, 5.74) is -0.354. The van der Waals surface area contributed by atoms with Crippen molar-refractivity contribution in [3.05, 3.63) is 44.0 Å². The molecule has 0 unspecified atom stereocenters. The van der Waals surface area contributed by atoms with Gasteiger partial charge in [0.25, 0.3) is 5.56 Å². The fraction of sp³-hybridized carbons (Fsp3) is 0.231. The number of nitrogens with one attached hydrogen (secondary N) is 2. The summed E-state index contributed by atoms with van der Waals surface area (Å²) in [6.45, 7) is 0. The minimum Gasteiger partial charge on any atom is -0.300 e. The van der Waals surface area contributed by atoms with Gasteiger partial charge in [-0.15, -0.1) is 11.3 Å². The highest BCUT2D eigenvalue weighted by molar-refractivity contribution is 8.00. The van der Waals surface area contributed by atoms with Crippen molar-refractivity contribution in [3.63, 3.8) is 0 Å². The van der Waals surface area contributed by atoms with E-state index in [0.29, 0.717) is 12.1 Å². The Hall–Kier alpha value is -2.16. The van der Waals surface area contributed by atoms with Crippen LogP contribution in [0.25, 0.3) is 0 Å². The largest absolute Gasteiger partial charge is 0.300 e. The molecule has 2 rings (SSSR count). The second-order valence-corrected chi connectivity index (χ2v) is 8.39. The van der Waals surface area contributed by atoms with E-state index in [1.54, 1.807) is 0 Å². The van der Waals surface area contributed by atoms with Crippen LogP contribution in [-0.4, -0.2) is 36.3 Å². The van der Waals surface area contributed by atoms with Crippen LogP contribution >= 0.6 is 23.1 Å². The number of nitriles is 1. The highest BCUT2D eigenvalue weighted by Gasteiger charge is 2.15. The highest BCUT2D eigenvalue weighted by Crippen LogP contribution is 2.17. The molecule has 0 aliphatic rings. The lowest BCUT2D eigenvalue weighted by Crippen LogP contribution is -2.30. The molecule has 126 valence electrons. The smallest absolute Gasteiger partial charge is 0.269 e. The molecular weight excluding hydrogens is 372 g/mol. The van der Waals surface area contributed by atoms with E-state index in [2.05, 4.69) is 9.97 Å². The number of thioether (sulfide) groups is 1. The quantitative estimate of drug-likeness (QED) is 0.546. The van der Waals surface area contributed by atoms with Crippen molar-refractivity contribution in [2.75, 3.05) is 12.0 Å². The van der Waals surface area contributed by atoms with Crippen LogP contribution in [0.2, 0.25) is 0 Å². The van der Waals surface area contributed by atoms with Crippen LogP contribution in [0.3, 0.4) is 0 Å². The van der Waals surface area contributed by atoms with Crippen molar-refractivity contribution in [2.45, 2.75) is 11.6 Å². The van der Waals surface area contributed by atoms with Gasteiger partial charge in [-0.2, -0.15) is 5.26 Å². The molecule has 0 spiro atoms. The number of rotatable bonds is 6. The van der Waals surface area contributed by atoms with Crippen LogP contribution in [0, 0.1) is 11.3 Å². The Morgan fingerprint density at radius 2 is 2.29 bits per heavy atom. The van der Waals surface area contributed by atoms with Crippen molar-refractivity contribution < 1.29 is 13.2 Å². The average Bonchev–Trinajstić information content (AvgIpc) is 2.96. The Labute approximate surface area is 146 Å². The van der Waals surface area contributed by atoms with Gasteiger partial charge in [0.2, 0.25) is 15.9 Å². The number of sulfonamides is 1.